The summed E-state index contributed by atoms with van der Waals surface area (Å²) in [5.74, 6) is 0.425. The molecular formula is C23H21Cl2N3O3S. The summed E-state index contributed by atoms with van der Waals surface area (Å²) in [7, 11) is 0. The van der Waals surface area contributed by atoms with E-state index in [-0.39, 0.29) is 11.8 Å². The molecule has 0 radical (unpaired) electrons. The van der Waals surface area contributed by atoms with Gasteiger partial charge in [-0.3, -0.25) is 9.59 Å². The van der Waals surface area contributed by atoms with Crippen LogP contribution in [0.15, 0.2) is 48.5 Å². The van der Waals surface area contributed by atoms with Crippen LogP contribution in [0.4, 0.5) is 5.13 Å². The molecule has 9 heteroatoms. The first-order chi connectivity index (χ1) is 15.5. The van der Waals surface area contributed by atoms with Gasteiger partial charge >= 0.3 is 0 Å². The number of benzene rings is 2. The molecule has 0 spiro atoms. The standard InChI is InChI=1S/C23H21Cl2N3O3S/c24-16-8-9-19(17(25)13-16)31-12-4-7-21(29)27-23-26-18-10-11-28(14-20(18)32-23)22(30)15-5-2-1-3-6-15/h1-3,5-6,8-9,13H,4,7,10-12,14H2,(H,26,27,29). The Bertz CT molecular complexity index is 1120. The molecule has 166 valence electrons. The lowest BCUT2D eigenvalue weighted by Crippen LogP contribution is -2.35. The van der Waals surface area contributed by atoms with Gasteiger partial charge in [0.25, 0.3) is 5.91 Å². The predicted octanol–water partition coefficient (Wildman–Crippen LogP) is 5.45. The quantitative estimate of drug-likeness (QED) is 0.448. The van der Waals surface area contributed by atoms with Gasteiger partial charge in [-0.25, -0.2) is 4.98 Å². The Labute approximate surface area is 200 Å². The Hall–Kier alpha value is -2.61. The number of fused-ring (bicyclic) bond motifs is 1. The Morgan fingerprint density at radius 1 is 1.16 bits per heavy atom. The maximum atomic E-state index is 12.7. The fourth-order valence-corrected chi connectivity index (χ4v) is 4.88. The minimum Gasteiger partial charge on any atom is -0.492 e. The summed E-state index contributed by atoms with van der Waals surface area (Å²) in [4.78, 5) is 32.4. The SMILES string of the molecule is O=C(CCCOc1ccc(Cl)cc1Cl)Nc1nc2c(s1)CN(C(=O)c1ccccc1)CC2. The van der Waals surface area contributed by atoms with Gasteiger partial charge in [-0.1, -0.05) is 52.7 Å². The summed E-state index contributed by atoms with van der Waals surface area (Å²) in [5, 5.41) is 4.41. The van der Waals surface area contributed by atoms with Crippen molar-refractivity contribution in [3.05, 3.63) is 74.7 Å². The highest BCUT2D eigenvalue weighted by molar-refractivity contribution is 7.15. The molecule has 3 aromatic rings. The number of hydrogen-bond acceptors (Lipinski definition) is 5. The summed E-state index contributed by atoms with van der Waals surface area (Å²) in [6, 6.07) is 14.3. The average Bonchev–Trinajstić information content (AvgIpc) is 3.19. The van der Waals surface area contributed by atoms with E-state index in [4.69, 9.17) is 27.9 Å². The van der Waals surface area contributed by atoms with Crippen LogP contribution in [-0.2, 0) is 17.8 Å². The van der Waals surface area contributed by atoms with Crippen molar-refractivity contribution in [3.8, 4) is 5.75 Å². The molecule has 0 atom stereocenters. The lowest BCUT2D eigenvalue weighted by molar-refractivity contribution is -0.116. The number of halogens is 2. The number of aromatic nitrogens is 1. The summed E-state index contributed by atoms with van der Waals surface area (Å²) >= 11 is 13.4. The van der Waals surface area contributed by atoms with E-state index >= 15 is 0 Å². The number of nitrogens with one attached hydrogen (secondary N) is 1. The van der Waals surface area contributed by atoms with Crippen LogP contribution in [0, 0.1) is 0 Å². The minimum absolute atomic E-state index is 0.0102. The second kappa shape index (κ2) is 10.3. The molecule has 0 unspecified atom stereocenters. The largest absolute Gasteiger partial charge is 0.492 e. The van der Waals surface area contributed by atoms with E-state index in [9.17, 15) is 9.59 Å². The normalized spacial score (nSPS) is 12.9. The zero-order chi connectivity index (χ0) is 22.5. The number of carbonyl (C=O) groups is 2. The second-order valence-corrected chi connectivity index (χ2v) is 9.23. The van der Waals surface area contributed by atoms with E-state index in [1.54, 1.807) is 18.2 Å². The van der Waals surface area contributed by atoms with Crippen LogP contribution in [0.3, 0.4) is 0 Å². The Kier molecular flexibility index (Phi) is 7.29. The third kappa shape index (κ3) is 5.59. The molecule has 4 rings (SSSR count). The fraction of sp³-hybridized carbons (Fsp3) is 0.261. The Balaban J connectivity index is 1.26. The van der Waals surface area contributed by atoms with E-state index < -0.39 is 0 Å². The van der Waals surface area contributed by atoms with Gasteiger partial charge in [0.2, 0.25) is 5.91 Å². The highest BCUT2D eigenvalue weighted by atomic mass is 35.5. The summed E-state index contributed by atoms with van der Waals surface area (Å²) in [6.45, 7) is 1.48. The van der Waals surface area contributed by atoms with Crippen LogP contribution < -0.4 is 10.1 Å². The van der Waals surface area contributed by atoms with E-state index in [1.165, 1.54) is 11.3 Å². The first-order valence-electron chi connectivity index (χ1n) is 10.2. The number of rotatable bonds is 7. The molecule has 2 aromatic carbocycles. The van der Waals surface area contributed by atoms with E-state index in [2.05, 4.69) is 10.3 Å². The van der Waals surface area contributed by atoms with Crippen molar-refractivity contribution in [2.75, 3.05) is 18.5 Å². The molecule has 0 aliphatic carbocycles. The van der Waals surface area contributed by atoms with E-state index in [1.807, 2.05) is 35.2 Å². The fourth-order valence-electron chi connectivity index (χ4n) is 3.37. The van der Waals surface area contributed by atoms with Gasteiger partial charge in [-0.2, -0.15) is 0 Å². The van der Waals surface area contributed by atoms with Crippen molar-refractivity contribution in [3.63, 3.8) is 0 Å². The maximum Gasteiger partial charge on any atom is 0.254 e. The van der Waals surface area contributed by atoms with E-state index in [0.29, 0.717) is 65.4 Å². The van der Waals surface area contributed by atoms with Gasteiger partial charge in [0.05, 0.1) is 23.9 Å². The number of hydrogen-bond donors (Lipinski definition) is 1. The first kappa shape index (κ1) is 22.6. The van der Waals surface area contributed by atoms with Gasteiger partial charge in [0, 0.05) is 34.8 Å². The van der Waals surface area contributed by atoms with Crippen molar-refractivity contribution in [2.24, 2.45) is 0 Å². The van der Waals surface area contributed by atoms with Crippen molar-refractivity contribution in [1.82, 2.24) is 9.88 Å². The monoisotopic (exact) mass is 489 g/mol. The number of ether oxygens (including phenoxy) is 1. The Morgan fingerprint density at radius 2 is 1.97 bits per heavy atom. The van der Waals surface area contributed by atoms with Crippen molar-refractivity contribution in [2.45, 2.75) is 25.8 Å². The molecule has 1 aliphatic rings. The number of thiazole rings is 1. The number of nitrogens with zero attached hydrogens (tertiary/aromatic N) is 2. The van der Waals surface area contributed by atoms with Crippen LogP contribution in [0.5, 0.6) is 5.75 Å². The van der Waals surface area contributed by atoms with Gasteiger partial charge in [0.1, 0.15) is 5.75 Å². The lowest BCUT2D eigenvalue weighted by atomic mass is 10.1. The molecule has 0 saturated carbocycles. The molecule has 0 bridgehead atoms. The van der Waals surface area contributed by atoms with Crippen LogP contribution in [0.2, 0.25) is 10.0 Å². The van der Waals surface area contributed by atoms with Crippen LogP contribution >= 0.6 is 34.5 Å². The van der Waals surface area contributed by atoms with Gasteiger partial charge < -0.3 is 15.0 Å². The number of anilines is 1. The topological polar surface area (TPSA) is 71.5 Å². The van der Waals surface area contributed by atoms with Crippen LogP contribution in [-0.4, -0.2) is 34.8 Å². The molecule has 0 fully saturated rings. The summed E-state index contributed by atoms with van der Waals surface area (Å²) < 4.78 is 5.61. The Morgan fingerprint density at radius 3 is 2.75 bits per heavy atom. The van der Waals surface area contributed by atoms with Crippen LogP contribution in [0.25, 0.3) is 0 Å². The van der Waals surface area contributed by atoms with E-state index in [0.717, 1.165) is 10.6 Å². The van der Waals surface area contributed by atoms with Gasteiger partial charge in [0.15, 0.2) is 5.13 Å². The lowest BCUT2D eigenvalue weighted by Gasteiger charge is -2.26. The zero-order valence-electron chi connectivity index (χ0n) is 17.1. The van der Waals surface area contributed by atoms with Crippen LogP contribution in [0.1, 0.15) is 33.8 Å². The molecule has 2 heterocycles. The number of carbonyl (C=O) groups excluding carboxylic acids is 2. The summed E-state index contributed by atoms with van der Waals surface area (Å²) in [5.41, 5.74) is 1.62. The minimum atomic E-state index is -0.126. The van der Waals surface area contributed by atoms with Crippen molar-refractivity contribution >= 4 is 51.5 Å². The van der Waals surface area contributed by atoms with Gasteiger partial charge in [-0.05, 0) is 36.8 Å². The highest BCUT2D eigenvalue weighted by Gasteiger charge is 2.25. The molecule has 2 amide bonds. The van der Waals surface area contributed by atoms with Crippen molar-refractivity contribution in [1.29, 1.82) is 0 Å². The third-order valence-electron chi connectivity index (χ3n) is 4.99. The molecular weight excluding hydrogens is 469 g/mol. The second-order valence-electron chi connectivity index (χ2n) is 7.31. The van der Waals surface area contributed by atoms with Crippen molar-refractivity contribution < 1.29 is 14.3 Å². The first-order valence-corrected chi connectivity index (χ1v) is 11.8. The smallest absolute Gasteiger partial charge is 0.254 e. The molecule has 32 heavy (non-hydrogen) atoms. The molecule has 1 N–H and O–H groups in total. The zero-order valence-corrected chi connectivity index (χ0v) is 19.5. The molecule has 1 aliphatic heterocycles. The predicted molar refractivity (Wildman–Crippen MR) is 127 cm³/mol. The maximum absolute atomic E-state index is 12.7. The molecule has 0 saturated heterocycles. The average molecular weight is 490 g/mol. The van der Waals surface area contributed by atoms with Gasteiger partial charge in [-0.15, -0.1) is 0 Å². The highest BCUT2D eigenvalue weighted by Crippen LogP contribution is 2.30. The molecule has 1 aromatic heterocycles. The summed E-state index contributed by atoms with van der Waals surface area (Å²) in [6.07, 6.45) is 1.51. The third-order valence-corrected chi connectivity index (χ3v) is 6.51. The molecule has 6 nitrogen and oxygen atoms in total. The number of amides is 2.